The number of nitrogens with two attached hydrogens (primary N) is 1. The van der Waals surface area contributed by atoms with Crippen molar-refractivity contribution in [1.82, 2.24) is 24.8 Å². The van der Waals surface area contributed by atoms with E-state index in [-0.39, 0.29) is 37.5 Å². The molecule has 0 bridgehead atoms. The van der Waals surface area contributed by atoms with Gasteiger partial charge in [-0.2, -0.15) is 0 Å². The number of nitrogens with one attached hydrogen (secondary N) is 1. The molecule has 0 spiro atoms. The molecule has 1 aliphatic heterocycles. The molecule has 1 saturated heterocycles. The summed E-state index contributed by atoms with van der Waals surface area (Å²) in [7, 11) is -1.43. The molecule has 3 heterocycles. The lowest BCUT2D eigenvalue weighted by Crippen LogP contribution is -2.42. The van der Waals surface area contributed by atoms with Gasteiger partial charge in [0.05, 0.1) is 32.6 Å². The van der Waals surface area contributed by atoms with Crippen molar-refractivity contribution >= 4 is 57.9 Å². The van der Waals surface area contributed by atoms with E-state index in [0.29, 0.717) is 29.8 Å². The van der Waals surface area contributed by atoms with Crippen molar-refractivity contribution < 1.29 is 33.3 Å². The maximum Gasteiger partial charge on any atom is 0.408 e. The van der Waals surface area contributed by atoms with Gasteiger partial charge in [0.1, 0.15) is 25.1 Å². The van der Waals surface area contributed by atoms with Crippen LogP contribution in [-0.4, -0.2) is 68.6 Å². The van der Waals surface area contributed by atoms with E-state index in [2.05, 4.69) is 41.7 Å². The predicted octanol–water partition coefficient (Wildman–Crippen LogP) is 6.46. The van der Waals surface area contributed by atoms with Gasteiger partial charge in [0.15, 0.2) is 22.8 Å². The molecule has 3 N–H and O–H groups in total. The first-order valence-electron chi connectivity index (χ1n) is 20.7. The van der Waals surface area contributed by atoms with Crippen molar-refractivity contribution in [3.05, 3.63) is 140 Å². The van der Waals surface area contributed by atoms with Gasteiger partial charge >= 0.3 is 12.1 Å². The van der Waals surface area contributed by atoms with Crippen LogP contribution in [0.1, 0.15) is 51.1 Å². The molecule has 2 fully saturated rings. The van der Waals surface area contributed by atoms with Crippen LogP contribution in [0.2, 0.25) is 0 Å². The Balaban J connectivity index is 1.08. The third kappa shape index (κ3) is 8.90. The molecule has 4 aromatic carbocycles. The van der Waals surface area contributed by atoms with Gasteiger partial charge < -0.3 is 34.6 Å². The Hall–Kier alpha value is -6.21. The topological polar surface area (TPSA) is 182 Å². The van der Waals surface area contributed by atoms with Crippen LogP contribution in [0.4, 0.5) is 10.6 Å². The summed E-state index contributed by atoms with van der Waals surface area (Å²) in [5.41, 5.74) is 7.98. The number of rotatable bonds is 15. The fourth-order valence-corrected chi connectivity index (χ4v) is 12.3. The smallest absolute Gasteiger partial charge is 0.408 e. The van der Waals surface area contributed by atoms with Crippen molar-refractivity contribution in [3.63, 3.8) is 0 Å². The molecule has 320 valence electrons. The van der Waals surface area contributed by atoms with Crippen LogP contribution in [0, 0.1) is 11.8 Å². The van der Waals surface area contributed by atoms with Gasteiger partial charge in [-0.05, 0) is 51.0 Å². The van der Waals surface area contributed by atoms with E-state index >= 15 is 0 Å². The Labute approximate surface area is 360 Å². The molecule has 2 aliphatic rings. The molecule has 2 aromatic heterocycles. The molecule has 62 heavy (non-hydrogen) atoms. The minimum atomic E-state index is -2.67. The first kappa shape index (κ1) is 42.5. The molecule has 8 rings (SSSR count). The summed E-state index contributed by atoms with van der Waals surface area (Å²) in [6, 6.07) is 38.9. The second kappa shape index (κ2) is 18.4. The average molecular weight is 856 g/mol. The highest BCUT2D eigenvalue weighted by Gasteiger charge is 2.55. The van der Waals surface area contributed by atoms with E-state index in [1.54, 1.807) is 6.33 Å². The molecule has 6 atom stereocenters. The summed E-state index contributed by atoms with van der Waals surface area (Å²) in [6.07, 6.45) is 2.97. The number of alkyl carbamates (subject to hydrolysis) is 1. The second-order valence-corrected chi connectivity index (χ2v) is 19.1. The predicted molar refractivity (Wildman–Crippen MR) is 236 cm³/mol. The normalized spacial score (nSPS) is 20.2. The molecule has 1 saturated carbocycles. The third-order valence-electron chi connectivity index (χ3n) is 11.7. The largest absolute Gasteiger partial charge is 0.467 e. The molecule has 2 amide bonds. The van der Waals surface area contributed by atoms with E-state index in [1.165, 1.54) is 13.4 Å². The van der Waals surface area contributed by atoms with E-state index < -0.39 is 48.9 Å². The number of benzene rings is 4. The number of methoxy groups -OCH3 is 1. The van der Waals surface area contributed by atoms with Gasteiger partial charge in [-0.3, -0.25) is 4.79 Å². The summed E-state index contributed by atoms with van der Waals surface area (Å²) in [5.74, 6) is -2.42. The standard InChI is InChI=1S/C47H50N7O7P/c1-47(2)60-40-33(26-32(42(48)55)24-25-37(45(56)58-3)52-46(57)59-28-31-16-8-4-9-17-31)27-38(41(40)61-47)54-30-51-39-43(49-29-50-44(39)54)53-62(34-18-10-5-11-19-34,35-20-12-6-13-21-35)36-22-14-7-15-23-36/h4-23,29-30,32-33,37-38,40-41H,24-28H2,1-3H3,(H2,48,55)(H,52,57)/t32-,33+,37+,38-,40-,41+/m1/s1. The summed E-state index contributed by atoms with van der Waals surface area (Å²) in [6.45, 7) is 3.78. The van der Waals surface area contributed by atoms with E-state index in [0.717, 1.165) is 21.5 Å². The van der Waals surface area contributed by atoms with Gasteiger partial charge in [0.2, 0.25) is 5.91 Å². The van der Waals surface area contributed by atoms with Crippen LogP contribution in [0.25, 0.3) is 11.2 Å². The minimum absolute atomic E-state index is 0.0276. The molecule has 0 radical (unpaired) electrons. The Morgan fingerprint density at radius 2 is 1.42 bits per heavy atom. The van der Waals surface area contributed by atoms with E-state index in [1.807, 2.05) is 103 Å². The van der Waals surface area contributed by atoms with E-state index in [4.69, 9.17) is 44.4 Å². The summed E-state index contributed by atoms with van der Waals surface area (Å²) in [5, 5.41) is 5.82. The van der Waals surface area contributed by atoms with Crippen molar-refractivity contribution in [3.8, 4) is 0 Å². The number of carbonyl (C=O) groups is 3. The zero-order chi connectivity index (χ0) is 43.3. The Morgan fingerprint density at radius 1 is 0.839 bits per heavy atom. The zero-order valence-electron chi connectivity index (χ0n) is 34.8. The number of aromatic nitrogens is 4. The second-order valence-electron chi connectivity index (χ2n) is 16.1. The van der Waals surface area contributed by atoms with Crippen LogP contribution in [0.3, 0.4) is 0 Å². The Bertz CT molecular complexity index is 2460. The van der Waals surface area contributed by atoms with Crippen molar-refractivity contribution in [2.24, 2.45) is 22.3 Å². The number of ether oxygens (including phenoxy) is 4. The lowest BCUT2D eigenvalue weighted by Gasteiger charge is -2.26. The number of hydrogen-bond donors (Lipinski definition) is 2. The molecule has 15 heteroatoms. The molecule has 0 unspecified atom stereocenters. The van der Waals surface area contributed by atoms with Gasteiger partial charge in [0, 0.05) is 21.8 Å². The molecular formula is C47H50N7O7P. The van der Waals surface area contributed by atoms with Crippen LogP contribution >= 0.6 is 7.05 Å². The first-order chi connectivity index (χ1) is 30.1. The lowest BCUT2D eigenvalue weighted by molar-refractivity contribution is -0.161. The van der Waals surface area contributed by atoms with Crippen molar-refractivity contribution in [2.75, 3.05) is 7.11 Å². The monoisotopic (exact) mass is 855 g/mol. The molecular weight excluding hydrogens is 806 g/mol. The highest BCUT2D eigenvalue weighted by molar-refractivity contribution is 7.87. The van der Waals surface area contributed by atoms with Gasteiger partial charge in [0.25, 0.3) is 0 Å². The van der Waals surface area contributed by atoms with Gasteiger partial charge in [-0.1, -0.05) is 121 Å². The van der Waals surface area contributed by atoms with Crippen molar-refractivity contribution in [1.29, 1.82) is 0 Å². The first-order valence-corrected chi connectivity index (χ1v) is 22.5. The number of hydrogen-bond acceptors (Lipinski definition) is 11. The number of nitrogens with zero attached hydrogens (tertiary/aromatic N) is 5. The number of amides is 2. The maximum atomic E-state index is 13.1. The van der Waals surface area contributed by atoms with Crippen LogP contribution in [0.15, 0.2) is 139 Å². The maximum absolute atomic E-state index is 13.1. The summed E-state index contributed by atoms with van der Waals surface area (Å²) in [4.78, 5) is 53.1. The highest BCUT2D eigenvalue weighted by Crippen LogP contribution is 2.52. The van der Waals surface area contributed by atoms with Crippen molar-refractivity contribution in [2.45, 2.75) is 76.2 Å². The number of imidazole rings is 1. The minimum Gasteiger partial charge on any atom is -0.467 e. The quantitative estimate of drug-likeness (QED) is 0.0860. The highest BCUT2D eigenvalue weighted by atomic mass is 31.2. The Morgan fingerprint density at radius 3 is 2.00 bits per heavy atom. The van der Waals surface area contributed by atoms with Crippen LogP contribution < -0.4 is 27.0 Å². The fourth-order valence-electron chi connectivity index (χ4n) is 8.82. The number of carbonyl (C=O) groups excluding carboxylic acids is 3. The van der Waals surface area contributed by atoms with Crippen LogP contribution in [0.5, 0.6) is 0 Å². The Kier molecular flexibility index (Phi) is 12.6. The van der Waals surface area contributed by atoms with Crippen LogP contribution in [-0.2, 0) is 35.1 Å². The molecule has 1 aliphatic carbocycles. The third-order valence-corrected chi connectivity index (χ3v) is 15.3. The summed E-state index contributed by atoms with van der Waals surface area (Å²) >= 11 is 0. The summed E-state index contributed by atoms with van der Waals surface area (Å²) < 4.78 is 31.1. The lowest BCUT2D eigenvalue weighted by atomic mass is 9.87. The van der Waals surface area contributed by atoms with Gasteiger partial charge in [-0.25, -0.2) is 29.3 Å². The number of esters is 1. The number of fused-ring (bicyclic) bond motifs is 2. The molecule has 14 nitrogen and oxygen atoms in total. The molecule has 6 aromatic rings. The SMILES string of the molecule is COC(=O)[C@H](CC[C@H](C[C@H]1C[C@@H](n2cnc3c(N=P(c4ccccc4)(c4ccccc4)c4ccccc4)ncnc32)[C@@H]2OC(C)(C)O[C@H]12)C(N)=O)NC(=O)OCc1ccccc1. The zero-order valence-corrected chi connectivity index (χ0v) is 35.7. The van der Waals surface area contributed by atoms with E-state index in [9.17, 15) is 14.4 Å². The number of primary amides is 1. The fraction of sp³-hybridized carbons (Fsp3) is 0.319. The van der Waals surface area contributed by atoms with Gasteiger partial charge in [-0.15, -0.1) is 0 Å². The average Bonchev–Trinajstić information content (AvgIpc) is 3.97.